The fourth-order valence-electron chi connectivity index (χ4n) is 3.16. The van der Waals surface area contributed by atoms with E-state index in [0.717, 1.165) is 50.5 Å². The van der Waals surface area contributed by atoms with Gasteiger partial charge in [0.25, 0.3) is 5.91 Å². The molecule has 2 aromatic heterocycles. The van der Waals surface area contributed by atoms with Gasteiger partial charge in [-0.05, 0) is 63.9 Å². The minimum atomic E-state index is -0.123. The topological polar surface area (TPSA) is 58.6 Å². The highest BCUT2D eigenvalue weighted by atomic mass is 16.3. The lowest BCUT2D eigenvalue weighted by molar-refractivity contribution is 0.0907. The Balaban J connectivity index is 1.42. The molecule has 1 saturated heterocycles. The summed E-state index contributed by atoms with van der Waals surface area (Å²) in [6, 6.07) is 5.55. The van der Waals surface area contributed by atoms with Crippen LogP contribution in [0.4, 0.5) is 0 Å². The van der Waals surface area contributed by atoms with Crippen molar-refractivity contribution in [1.82, 2.24) is 10.2 Å². The van der Waals surface area contributed by atoms with Gasteiger partial charge < -0.3 is 14.2 Å². The molecule has 0 spiro atoms. The summed E-state index contributed by atoms with van der Waals surface area (Å²) in [5.74, 6) is 2.80. The second kappa shape index (κ2) is 7.04. The SMILES string of the molecule is Cc1cc(CN2CCC(CNC(=O)c3ccco3)CC2)c(C)o1. The first-order chi connectivity index (χ1) is 11.1. The third kappa shape index (κ3) is 4.05. The minimum Gasteiger partial charge on any atom is -0.466 e. The lowest BCUT2D eigenvalue weighted by atomic mass is 9.96. The highest BCUT2D eigenvalue weighted by Gasteiger charge is 2.21. The molecular formula is C18H24N2O3. The van der Waals surface area contributed by atoms with Gasteiger partial charge in [0.15, 0.2) is 5.76 Å². The molecule has 0 radical (unpaired) electrons. The second-order valence-electron chi connectivity index (χ2n) is 6.35. The first-order valence-electron chi connectivity index (χ1n) is 8.22. The van der Waals surface area contributed by atoms with Crippen LogP contribution in [0.5, 0.6) is 0 Å². The summed E-state index contributed by atoms with van der Waals surface area (Å²) in [5.41, 5.74) is 1.28. The molecule has 0 bridgehead atoms. The number of nitrogens with zero attached hydrogens (tertiary/aromatic N) is 1. The molecule has 0 saturated carbocycles. The molecule has 1 aliphatic rings. The summed E-state index contributed by atoms with van der Waals surface area (Å²) in [6.07, 6.45) is 3.73. The maximum absolute atomic E-state index is 11.9. The van der Waals surface area contributed by atoms with Gasteiger partial charge in [0, 0.05) is 18.7 Å². The number of rotatable bonds is 5. The number of amides is 1. The molecule has 0 atom stereocenters. The van der Waals surface area contributed by atoms with Crippen LogP contribution in [0.15, 0.2) is 33.3 Å². The van der Waals surface area contributed by atoms with E-state index in [4.69, 9.17) is 8.83 Å². The number of hydrogen-bond donors (Lipinski definition) is 1. The van der Waals surface area contributed by atoms with Crippen LogP contribution in [0.2, 0.25) is 0 Å². The van der Waals surface area contributed by atoms with Crippen molar-refractivity contribution in [2.45, 2.75) is 33.2 Å². The standard InChI is InChI=1S/C18H24N2O3/c1-13-10-16(14(2)23-13)12-20-7-5-15(6-8-20)11-19-18(21)17-4-3-9-22-17/h3-4,9-10,15H,5-8,11-12H2,1-2H3,(H,19,21). The van der Waals surface area contributed by atoms with Crippen molar-refractivity contribution in [3.05, 3.63) is 47.3 Å². The van der Waals surface area contributed by atoms with E-state index in [-0.39, 0.29) is 5.91 Å². The predicted octanol–water partition coefficient (Wildman–Crippen LogP) is 3.13. The average molecular weight is 316 g/mol. The number of piperidine rings is 1. The minimum absolute atomic E-state index is 0.123. The number of carbonyl (C=O) groups excluding carboxylic acids is 1. The molecular weight excluding hydrogens is 292 g/mol. The summed E-state index contributed by atoms with van der Waals surface area (Å²) < 4.78 is 10.7. The Labute approximate surface area is 136 Å². The number of aryl methyl sites for hydroxylation is 2. The average Bonchev–Trinajstić information content (AvgIpc) is 3.17. The van der Waals surface area contributed by atoms with Crippen molar-refractivity contribution in [2.75, 3.05) is 19.6 Å². The molecule has 0 aliphatic carbocycles. The Morgan fingerprint density at radius 2 is 2.13 bits per heavy atom. The van der Waals surface area contributed by atoms with Gasteiger partial charge in [-0.3, -0.25) is 9.69 Å². The van der Waals surface area contributed by atoms with Gasteiger partial charge in [0.1, 0.15) is 11.5 Å². The van der Waals surface area contributed by atoms with Crippen molar-refractivity contribution in [3.63, 3.8) is 0 Å². The highest BCUT2D eigenvalue weighted by Crippen LogP contribution is 2.21. The smallest absolute Gasteiger partial charge is 0.286 e. The van der Waals surface area contributed by atoms with Gasteiger partial charge in [0.2, 0.25) is 0 Å². The van der Waals surface area contributed by atoms with Crippen molar-refractivity contribution in [3.8, 4) is 0 Å². The normalized spacial score (nSPS) is 16.6. The molecule has 0 unspecified atom stereocenters. The van der Waals surface area contributed by atoms with Gasteiger partial charge in [0.05, 0.1) is 6.26 Å². The summed E-state index contributed by atoms with van der Waals surface area (Å²) in [7, 11) is 0. The van der Waals surface area contributed by atoms with Crippen LogP contribution in [-0.4, -0.2) is 30.4 Å². The van der Waals surface area contributed by atoms with Crippen LogP contribution in [0.1, 0.15) is 40.5 Å². The summed E-state index contributed by atoms with van der Waals surface area (Å²) in [5, 5.41) is 2.97. The second-order valence-corrected chi connectivity index (χ2v) is 6.35. The van der Waals surface area contributed by atoms with Gasteiger partial charge in [-0.1, -0.05) is 0 Å². The summed E-state index contributed by atoms with van der Waals surface area (Å²) in [6.45, 7) is 7.81. The van der Waals surface area contributed by atoms with Crippen molar-refractivity contribution < 1.29 is 13.6 Å². The molecule has 2 aromatic rings. The Kier molecular flexibility index (Phi) is 4.86. The maximum Gasteiger partial charge on any atom is 0.286 e. The molecule has 1 amide bonds. The van der Waals surface area contributed by atoms with E-state index in [2.05, 4.69) is 16.3 Å². The predicted molar refractivity (Wildman–Crippen MR) is 87.2 cm³/mol. The molecule has 23 heavy (non-hydrogen) atoms. The number of hydrogen-bond acceptors (Lipinski definition) is 4. The molecule has 124 valence electrons. The van der Waals surface area contributed by atoms with Gasteiger partial charge in [-0.2, -0.15) is 0 Å². The lowest BCUT2D eigenvalue weighted by Crippen LogP contribution is -2.38. The highest BCUT2D eigenvalue weighted by molar-refractivity contribution is 5.91. The van der Waals surface area contributed by atoms with E-state index < -0.39 is 0 Å². The quantitative estimate of drug-likeness (QED) is 0.920. The van der Waals surface area contributed by atoms with Gasteiger partial charge >= 0.3 is 0 Å². The molecule has 0 aromatic carbocycles. The molecule has 5 heteroatoms. The molecule has 1 aliphatic heterocycles. The Morgan fingerprint density at radius 1 is 1.35 bits per heavy atom. The van der Waals surface area contributed by atoms with Gasteiger partial charge in [-0.25, -0.2) is 0 Å². The molecule has 5 nitrogen and oxygen atoms in total. The van der Waals surface area contributed by atoms with Crippen molar-refractivity contribution in [1.29, 1.82) is 0 Å². The largest absolute Gasteiger partial charge is 0.466 e. The molecule has 1 N–H and O–H groups in total. The monoisotopic (exact) mass is 316 g/mol. The van der Waals surface area contributed by atoms with Crippen LogP contribution >= 0.6 is 0 Å². The van der Waals surface area contributed by atoms with Crippen LogP contribution in [-0.2, 0) is 6.54 Å². The van der Waals surface area contributed by atoms with Crippen LogP contribution in [0, 0.1) is 19.8 Å². The lowest BCUT2D eigenvalue weighted by Gasteiger charge is -2.31. The fraction of sp³-hybridized carbons (Fsp3) is 0.500. The van der Waals surface area contributed by atoms with E-state index in [1.54, 1.807) is 12.1 Å². The zero-order valence-electron chi connectivity index (χ0n) is 13.8. The zero-order valence-corrected chi connectivity index (χ0v) is 13.8. The van der Waals surface area contributed by atoms with E-state index in [0.29, 0.717) is 11.7 Å². The van der Waals surface area contributed by atoms with E-state index >= 15 is 0 Å². The van der Waals surface area contributed by atoms with Crippen molar-refractivity contribution in [2.24, 2.45) is 5.92 Å². The van der Waals surface area contributed by atoms with E-state index in [9.17, 15) is 4.79 Å². The third-order valence-electron chi connectivity index (χ3n) is 4.54. The fourth-order valence-corrected chi connectivity index (χ4v) is 3.16. The summed E-state index contributed by atoms with van der Waals surface area (Å²) in [4.78, 5) is 14.3. The Bertz CT molecular complexity index is 637. The summed E-state index contributed by atoms with van der Waals surface area (Å²) >= 11 is 0. The number of likely N-dealkylation sites (tertiary alicyclic amines) is 1. The number of furan rings is 2. The number of carbonyl (C=O) groups is 1. The van der Waals surface area contributed by atoms with Crippen LogP contribution < -0.4 is 5.32 Å². The first kappa shape index (κ1) is 15.9. The zero-order chi connectivity index (χ0) is 16.2. The third-order valence-corrected chi connectivity index (χ3v) is 4.54. The van der Waals surface area contributed by atoms with E-state index in [1.165, 1.54) is 11.8 Å². The maximum atomic E-state index is 11.9. The molecule has 3 rings (SSSR count). The number of nitrogens with one attached hydrogen (secondary N) is 1. The Hall–Kier alpha value is -2.01. The van der Waals surface area contributed by atoms with Gasteiger partial charge in [-0.15, -0.1) is 0 Å². The first-order valence-corrected chi connectivity index (χ1v) is 8.22. The van der Waals surface area contributed by atoms with Crippen molar-refractivity contribution >= 4 is 5.91 Å². The molecule has 1 fully saturated rings. The molecule has 3 heterocycles. The Morgan fingerprint density at radius 3 is 2.74 bits per heavy atom. The van der Waals surface area contributed by atoms with Crippen LogP contribution in [0.3, 0.4) is 0 Å². The van der Waals surface area contributed by atoms with E-state index in [1.807, 2.05) is 13.8 Å². The van der Waals surface area contributed by atoms with Crippen LogP contribution in [0.25, 0.3) is 0 Å².